The number of likely N-dealkylation sites (tertiary alicyclic amines) is 1. The second-order valence-electron chi connectivity index (χ2n) is 9.07. The highest BCUT2D eigenvalue weighted by Gasteiger charge is 2.35. The monoisotopic (exact) mass is 490 g/mol. The third-order valence-electron chi connectivity index (χ3n) is 6.84. The second kappa shape index (κ2) is 10.4. The molecule has 10 nitrogen and oxygen atoms in total. The first kappa shape index (κ1) is 23.9. The fourth-order valence-corrected chi connectivity index (χ4v) is 4.92. The van der Waals surface area contributed by atoms with Gasteiger partial charge in [0.25, 0.3) is 5.56 Å². The van der Waals surface area contributed by atoms with Crippen LogP contribution in [-0.2, 0) is 22.5 Å². The van der Waals surface area contributed by atoms with Crippen LogP contribution in [0.1, 0.15) is 55.4 Å². The van der Waals surface area contributed by atoms with Crippen LogP contribution in [0.3, 0.4) is 0 Å². The first-order valence-corrected chi connectivity index (χ1v) is 12.4. The average Bonchev–Trinajstić information content (AvgIpc) is 3.58. The van der Waals surface area contributed by atoms with E-state index in [1.165, 1.54) is 5.56 Å². The molecule has 0 amide bonds. The maximum Gasteiger partial charge on any atom is 0.309 e. The topological polar surface area (TPSA) is 119 Å². The zero-order valence-corrected chi connectivity index (χ0v) is 20.5. The first-order chi connectivity index (χ1) is 17.6. The summed E-state index contributed by atoms with van der Waals surface area (Å²) in [5.74, 6) is 0.954. The predicted molar refractivity (Wildman–Crippen MR) is 132 cm³/mol. The molecule has 0 bridgehead atoms. The van der Waals surface area contributed by atoms with E-state index in [-0.39, 0.29) is 17.4 Å². The number of carbonyl (C=O) groups excluding carboxylic acids is 1. The van der Waals surface area contributed by atoms with Crippen LogP contribution in [0.15, 0.2) is 51.9 Å². The lowest BCUT2D eigenvalue weighted by molar-refractivity contribution is -0.149. The number of esters is 1. The van der Waals surface area contributed by atoms with Crippen LogP contribution in [0, 0.1) is 5.92 Å². The SMILES string of the molecule is CCOC(=O)C1CCN(C(c2cc3cc(CC)ccc3[nH]c2=O)c2nnnn2Cc2ccco2)CC1. The average molecular weight is 491 g/mol. The minimum absolute atomic E-state index is 0.150. The molecule has 4 aromatic rings. The van der Waals surface area contributed by atoms with E-state index >= 15 is 0 Å². The van der Waals surface area contributed by atoms with Crippen LogP contribution in [0.5, 0.6) is 0 Å². The largest absolute Gasteiger partial charge is 0.467 e. The molecule has 1 fully saturated rings. The number of piperidine rings is 1. The molecule has 10 heteroatoms. The number of aromatic nitrogens is 5. The number of rotatable bonds is 8. The number of nitrogens with zero attached hydrogens (tertiary/aromatic N) is 5. The third-order valence-corrected chi connectivity index (χ3v) is 6.84. The number of fused-ring (bicyclic) bond motifs is 1. The van der Waals surface area contributed by atoms with Gasteiger partial charge >= 0.3 is 5.97 Å². The Morgan fingerprint density at radius 2 is 2.06 bits per heavy atom. The second-order valence-corrected chi connectivity index (χ2v) is 9.07. The van der Waals surface area contributed by atoms with Crippen molar-refractivity contribution in [3.05, 3.63) is 75.7 Å². The third kappa shape index (κ3) is 4.81. The molecule has 36 heavy (non-hydrogen) atoms. The lowest BCUT2D eigenvalue weighted by Crippen LogP contribution is -2.42. The summed E-state index contributed by atoms with van der Waals surface area (Å²) >= 11 is 0. The van der Waals surface area contributed by atoms with Crippen LogP contribution in [0.2, 0.25) is 0 Å². The fourth-order valence-electron chi connectivity index (χ4n) is 4.92. The van der Waals surface area contributed by atoms with Crippen LogP contribution >= 0.6 is 0 Å². The minimum Gasteiger partial charge on any atom is -0.467 e. The Kier molecular flexibility index (Phi) is 6.95. The number of hydrogen-bond donors (Lipinski definition) is 1. The molecule has 5 rings (SSSR count). The van der Waals surface area contributed by atoms with Crippen molar-refractivity contribution in [3.63, 3.8) is 0 Å². The van der Waals surface area contributed by atoms with E-state index in [2.05, 4.69) is 38.4 Å². The highest BCUT2D eigenvalue weighted by Crippen LogP contribution is 2.31. The first-order valence-electron chi connectivity index (χ1n) is 12.4. The number of aryl methyl sites for hydroxylation is 1. The molecule has 0 saturated carbocycles. The van der Waals surface area contributed by atoms with E-state index in [9.17, 15) is 9.59 Å². The lowest BCUT2D eigenvalue weighted by Gasteiger charge is -2.36. The Balaban J connectivity index is 1.55. The summed E-state index contributed by atoms with van der Waals surface area (Å²) in [5.41, 5.74) is 2.36. The van der Waals surface area contributed by atoms with Gasteiger partial charge in [-0.15, -0.1) is 5.10 Å². The van der Waals surface area contributed by atoms with Gasteiger partial charge < -0.3 is 14.1 Å². The summed E-state index contributed by atoms with van der Waals surface area (Å²) < 4.78 is 12.4. The van der Waals surface area contributed by atoms with Gasteiger partial charge in [-0.05, 0) is 77.9 Å². The Hall–Kier alpha value is -3.79. The molecule has 1 unspecified atom stereocenters. The molecule has 188 valence electrons. The minimum atomic E-state index is -0.489. The van der Waals surface area contributed by atoms with E-state index in [4.69, 9.17) is 9.15 Å². The molecule has 0 spiro atoms. The normalized spacial score (nSPS) is 15.8. The van der Waals surface area contributed by atoms with Crippen molar-refractivity contribution in [1.82, 2.24) is 30.1 Å². The van der Waals surface area contributed by atoms with Gasteiger partial charge in [0.15, 0.2) is 5.82 Å². The molecule has 1 aliphatic heterocycles. The quantitative estimate of drug-likeness (QED) is 0.374. The number of tetrazole rings is 1. The highest BCUT2D eigenvalue weighted by atomic mass is 16.5. The number of furan rings is 1. The van der Waals surface area contributed by atoms with Gasteiger partial charge in [0, 0.05) is 24.2 Å². The molecular weight excluding hydrogens is 460 g/mol. The van der Waals surface area contributed by atoms with E-state index in [0.29, 0.717) is 56.2 Å². The molecule has 1 aliphatic rings. The number of carbonyl (C=O) groups is 1. The van der Waals surface area contributed by atoms with Gasteiger partial charge in [0.2, 0.25) is 0 Å². The smallest absolute Gasteiger partial charge is 0.309 e. The summed E-state index contributed by atoms with van der Waals surface area (Å²) in [6, 6.07) is 11.2. The molecule has 1 N–H and O–H groups in total. The standard InChI is InChI=1S/C26H30N6O4/c1-3-17-7-8-22-19(14-17)15-21(25(33)27-22)23(31-11-9-18(10-12-31)26(34)35-4-2)24-28-29-30-32(24)16-20-6-5-13-36-20/h5-8,13-15,18,23H,3-4,9-12,16H2,1-2H3,(H,27,33). The number of pyridine rings is 1. The Morgan fingerprint density at radius 1 is 1.22 bits per heavy atom. The summed E-state index contributed by atoms with van der Waals surface area (Å²) in [5, 5.41) is 13.5. The maximum atomic E-state index is 13.4. The Bertz CT molecular complexity index is 1390. The summed E-state index contributed by atoms with van der Waals surface area (Å²) in [4.78, 5) is 31.0. The molecule has 1 saturated heterocycles. The fraction of sp³-hybridized carbons (Fsp3) is 0.423. The molecule has 0 aliphatic carbocycles. The van der Waals surface area contributed by atoms with Gasteiger partial charge in [0.1, 0.15) is 18.3 Å². The lowest BCUT2D eigenvalue weighted by atomic mass is 9.93. The van der Waals surface area contributed by atoms with Crippen molar-refractivity contribution < 1.29 is 13.9 Å². The van der Waals surface area contributed by atoms with Crippen molar-refractivity contribution in [2.24, 2.45) is 5.92 Å². The number of aromatic amines is 1. The summed E-state index contributed by atoms with van der Waals surface area (Å²) in [6.45, 7) is 5.85. The van der Waals surface area contributed by atoms with Gasteiger partial charge in [-0.25, -0.2) is 4.68 Å². The van der Waals surface area contributed by atoms with Crippen LogP contribution in [-0.4, -0.2) is 55.8 Å². The van der Waals surface area contributed by atoms with E-state index in [1.54, 1.807) is 10.9 Å². The predicted octanol–water partition coefficient (Wildman–Crippen LogP) is 3.08. The van der Waals surface area contributed by atoms with Crippen molar-refractivity contribution in [2.75, 3.05) is 19.7 Å². The zero-order valence-electron chi connectivity index (χ0n) is 20.5. The van der Waals surface area contributed by atoms with Gasteiger partial charge in [0.05, 0.1) is 18.8 Å². The molecule has 4 heterocycles. The number of hydrogen-bond acceptors (Lipinski definition) is 8. The van der Waals surface area contributed by atoms with Crippen LogP contribution < -0.4 is 5.56 Å². The number of benzene rings is 1. The maximum absolute atomic E-state index is 13.4. The van der Waals surface area contributed by atoms with Gasteiger partial charge in [-0.2, -0.15) is 0 Å². The Morgan fingerprint density at radius 3 is 2.78 bits per heavy atom. The highest BCUT2D eigenvalue weighted by molar-refractivity contribution is 5.80. The molecule has 1 aromatic carbocycles. The van der Waals surface area contributed by atoms with Gasteiger partial charge in [-0.1, -0.05) is 13.0 Å². The number of H-pyrrole nitrogens is 1. The number of nitrogens with one attached hydrogen (secondary N) is 1. The van der Waals surface area contributed by atoms with Crippen LogP contribution in [0.4, 0.5) is 0 Å². The van der Waals surface area contributed by atoms with E-state index < -0.39 is 6.04 Å². The van der Waals surface area contributed by atoms with Crippen molar-refractivity contribution in [1.29, 1.82) is 0 Å². The van der Waals surface area contributed by atoms with Crippen molar-refractivity contribution >= 4 is 16.9 Å². The van der Waals surface area contributed by atoms with E-state index in [0.717, 1.165) is 17.3 Å². The molecule has 0 radical (unpaired) electrons. The Labute approximate surface area is 208 Å². The number of ether oxygens (including phenoxy) is 1. The van der Waals surface area contributed by atoms with Crippen molar-refractivity contribution in [2.45, 2.75) is 45.7 Å². The zero-order chi connectivity index (χ0) is 25.1. The molecule has 1 atom stereocenters. The van der Waals surface area contributed by atoms with Crippen molar-refractivity contribution in [3.8, 4) is 0 Å². The van der Waals surface area contributed by atoms with Gasteiger partial charge in [-0.3, -0.25) is 14.5 Å². The van der Waals surface area contributed by atoms with Crippen LogP contribution in [0.25, 0.3) is 10.9 Å². The summed E-state index contributed by atoms with van der Waals surface area (Å²) in [6.07, 6.45) is 3.79. The molecule has 3 aromatic heterocycles. The van der Waals surface area contributed by atoms with E-state index in [1.807, 2.05) is 37.3 Å². The summed E-state index contributed by atoms with van der Waals surface area (Å²) in [7, 11) is 0. The molecular formula is C26H30N6O4.